The Labute approximate surface area is 109 Å². The summed E-state index contributed by atoms with van der Waals surface area (Å²) in [6.07, 6.45) is 8.04. The van der Waals surface area contributed by atoms with Crippen LogP contribution in [0.15, 0.2) is 0 Å². The summed E-state index contributed by atoms with van der Waals surface area (Å²) in [5.74, 6) is 4.96. The summed E-state index contributed by atoms with van der Waals surface area (Å²) in [6, 6.07) is 0. The lowest BCUT2D eigenvalue weighted by Gasteiger charge is -2.21. The number of hydrogen-bond donors (Lipinski definition) is 1. The van der Waals surface area contributed by atoms with E-state index in [9.17, 15) is 0 Å². The van der Waals surface area contributed by atoms with Gasteiger partial charge in [0.25, 0.3) is 0 Å². The Morgan fingerprint density at radius 3 is 2.67 bits per heavy atom. The lowest BCUT2D eigenvalue weighted by atomic mass is 9.86. The number of nitrogens with zero attached hydrogens (tertiary/aromatic N) is 3. The van der Waals surface area contributed by atoms with Crippen molar-refractivity contribution in [2.45, 2.75) is 58.5 Å². The van der Waals surface area contributed by atoms with E-state index in [0.717, 1.165) is 43.0 Å². The van der Waals surface area contributed by atoms with Gasteiger partial charge in [-0.25, -0.2) is 0 Å². The SMILES string of the molecule is CCCn1c(CN)nnc1CC1CC2CCC1C2. The van der Waals surface area contributed by atoms with Crippen molar-refractivity contribution in [3.05, 3.63) is 11.6 Å². The molecule has 2 aliphatic rings. The first-order valence-electron chi connectivity index (χ1n) is 7.42. The average molecular weight is 248 g/mol. The lowest BCUT2D eigenvalue weighted by molar-refractivity contribution is 0.322. The van der Waals surface area contributed by atoms with Crippen LogP contribution in [0.5, 0.6) is 0 Å². The summed E-state index contributed by atoms with van der Waals surface area (Å²) in [6.45, 7) is 3.71. The molecular formula is C14H24N4. The third-order valence-electron chi connectivity index (χ3n) is 4.86. The number of rotatable bonds is 5. The van der Waals surface area contributed by atoms with Gasteiger partial charge in [-0.1, -0.05) is 13.3 Å². The third-order valence-corrected chi connectivity index (χ3v) is 4.86. The van der Waals surface area contributed by atoms with Gasteiger partial charge in [-0.2, -0.15) is 0 Å². The highest BCUT2D eigenvalue weighted by Gasteiger charge is 2.39. The van der Waals surface area contributed by atoms with Crippen molar-refractivity contribution >= 4 is 0 Å². The molecule has 2 bridgehead atoms. The Morgan fingerprint density at radius 1 is 1.22 bits per heavy atom. The molecule has 2 saturated carbocycles. The first-order valence-corrected chi connectivity index (χ1v) is 7.42. The zero-order chi connectivity index (χ0) is 12.5. The number of hydrogen-bond acceptors (Lipinski definition) is 3. The zero-order valence-electron chi connectivity index (χ0n) is 11.3. The minimum atomic E-state index is 0.504. The molecule has 1 aromatic rings. The maximum atomic E-state index is 5.74. The Bertz CT molecular complexity index is 412. The fraction of sp³-hybridized carbons (Fsp3) is 0.857. The fourth-order valence-corrected chi connectivity index (χ4v) is 4.02. The molecule has 0 radical (unpaired) electrons. The van der Waals surface area contributed by atoms with E-state index in [4.69, 9.17) is 5.73 Å². The monoisotopic (exact) mass is 248 g/mol. The molecule has 18 heavy (non-hydrogen) atoms. The molecule has 2 N–H and O–H groups in total. The van der Waals surface area contributed by atoms with Gasteiger partial charge in [-0.05, 0) is 43.4 Å². The van der Waals surface area contributed by atoms with E-state index in [1.54, 1.807) is 0 Å². The minimum absolute atomic E-state index is 0.504. The summed E-state index contributed by atoms with van der Waals surface area (Å²) in [7, 11) is 0. The van der Waals surface area contributed by atoms with E-state index in [1.807, 2.05) is 0 Å². The molecule has 3 unspecified atom stereocenters. The fourth-order valence-electron chi connectivity index (χ4n) is 4.02. The van der Waals surface area contributed by atoms with Gasteiger partial charge in [0.1, 0.15) is 11.6 Å². The van der Waals surface area contributed by atoms with Crippen molar-refractivity contribution in [2.24, 2.45) is 23.5 Å². The van der Waals surface area contributed by atoms with Gasteiger partial charge < -0.3 is 10.3 Å². The van der Waals surface area contributed by atoms with E-state index in [2.05, 4.69) is 21.7 Å². The van der Waals surface area contributed by atoms with Crippen molar-refractivity contribution in [3.8, 4) is 0 Å². The lowest BCUT2D eigenvalue weighted by Crippen LogP contribution is -2.17. The maximum absolute atomic E-state index is 5.74. The quantitative estimate of drug-likeness (QED) is 0.868. The molecule has 3 rings (SSSR count). The molecule has 0 aromatic carbocycles. The number of fused-ring (bicyclic) bond motifs is 2. The largest absolute Gasteiger partial charge is 0.324 e. The van der Waals surface area contributed by atoms with Crippen molar-refractivity contribution in [2.75, 3.05) is 0 Å². The molecule has 1 aromatic heterocycles. The molecule has 100 valence electrons. The van der Waals surface area contributed by atoms with Crippen LogP contribution in [0.2, 0.25) is 0 Å². The van der Waals surface area contributed by atoms with Gasteiger partial charge in [-0.3, -0.25) is 0 Å². The topological polar surface area (TPSA) is 56.7 Å². The Hall–Kier alpha value is -0.900. The van der Waals surface area contributed by atoms with Crippen LogP contribution in [0, 0.1) is 17.8 Å². The summed E-state index contributed by atoms with van der Waals surface area (Å²) in [5, 5.41) is 8.63. The van der Waals surface area contributed by atoms with Gasteiger partial charge >= 0.3 is 0 Å². The Balaban J connectivity index is 1.74. The van der Waals surface area contributed by atoms with Gasteiger partial charge in [-0.15, -0.1) is 10.2 Å². The predicted molar refractivity (Wildman–Crippen MR) is 70.8 cm³/mol. The smallest absolute Gasteiger partial charge is 0.146 e. The van der Waals surface area contributed by atoms with Gasteiger partial charge in [0.2, 0.25) is 0 Å². The number of nitrogens with two attached hydrogens (primary N) is 1. The van der Waals surface area contributed by atoms with Gasteiger partial charge in [0, 0.05) is 13.0 Å². The Kier molecular flexibility index (Phi) is 3.37. The normalized spacial score (nSPS) is 30.2. The van der Waals surface area contributed by atoms with Crippen LogP contribution in [0.3, 0.4) is 0 Å². The molecule has 2 aliphatic carbocycles. The molecule has 0 saturated heterocycles. The second kappa shape index (κ2) is 5.00. The maximum Gasteiger partial charge on any atom is 0.146 e. The highest BCUT2D eigenvalue weighted by atomic mass is 15.3. The van der Waals surface area contributed by atoms with E-state index < -0.39 is 0 Å². The van der Waals surface area contributed by atoms with E-state index in [1.165, 1.54) is 31.5 Å². The minimum Gasteiger partial charge on any atom is -0.324 e. The van der Waals surface area contributed by atoms with E-state index >= 15 is 0 Å². The van der Waals surface area contributed by atoms with Gasteiger partial charge in [0.05, 0.1) is 6.54 Å². The molecule has 0 amide bonds. The summed E-state index contributed by atoms with van der Waals surface area (Å²) < 4.78 is 2.26. The molecule has 4 nitrogen and oxygen atoms in total. The first-order chi connectivity index (χ1) is 8.81. The second-order valence-corrected chi connectivity index (χ2v) is 6.03. The standard InChI is InChI=1S/C14H24N4/c1-2-5-18-13(16-17-14(18)9-15)8-12-7-10-3-4-11(12)6-10/h10-12H,2-9,15H2,1H3. The van der Waals surface area contributed by atoms with E-state index in [-0.39, 0.29) is 0 Å². The highest BCUT2D eigenvalue weighted by molar-refractivity contribution is 5.01. The van der Waals surface area contributed by atoms with Crippen molar-refractivity contribution in [3.63, 3.8) is 0 Å². The van der Waals surface area contributed by atoms with Crippen LogP contribution in [0.25, 0.3) is 0 Å². The molecular weight excluding hydrogens is 224 g/mol. The van der Waals surface area contributed by atoms with Crippen LogP contribution in [-0.4, -0.2) is 14.8 Å². The van der Waals surface area contributed by atoms with Crippen LogP contribution in [0.1, 0.15) is 50.7 Å². The molecule has 2 fully saturated rings. The van der Waals surface area contributed by atoms with Crippen molar-refractivity contribution < 1.29 is 0 Å². The average Bonchev–Trinajstić information content (AvgIpc) is 3.06. The van der Waals surface area contributed by atoms with Crippen LogP contribution in [-0.2, 0) is 19.5 Å². The Morgan fingerprint density at radius 2 is 2.06 bits per heavy atom. The van der Waals surface area contributed by atoms with Crippen LogP contribution < -0.4 is 5.73 Å². The van der Waals surface area contributed by atoms with Crippen LogP contribution in [0.4, 0.5) is 0 Å². The molecule has 3 atom stereocenters. The highest BCUT2D eigenvalue weighted by Crippen LogP contribution is 2.49. The van der Waals surface area contributed by atoms with Crippen molar-refractivity contribution in [1.29, 1.82) is 0 Å². The molecule has 0 spiro atoms. The third kappa shape index (κ3) is 2.07. The summed E-state index contributed by atoms with van der Waals surface area (Å²) in [5.41, 5.74) is 5.74. The molecule has 4 heteroatoms. The predicted octanol–water partition coefficient (Wildman–Crippen LogP) is 2.13. The summed E-state index contributed by atoms with van der Waals surface area (Å²) in [4.78, 5) is 0. The van der Waals surface area contributed by atoms with Gasteiger partial charge in [0.15, 0.2) is 0 Å². The number of aromatic nitrogens is 3. The molecule has 1 heterocycles. The first kappa shape index (κ1) is 12.2. The van der Waals surface area contributed by atoms with Crippen molar-refractivity contribution in [1.82, 2.24) is 14.8 Å². The summed E-state index contributed by atoms with van der Waals surface area (Å²) >= 11 is 0. The second-order valence-electron chi connectivity index (χ2n) is 6.03. The van der Waals surface area contributed by atoms with E-state index in [0.29, 0.717) is 6.54 Å². The van der Waals surface area contributed by atoms with Crippen LogP contribution >= 0.6 is 0 Å². The molecule has 0 aliphatic heterocycles. The zero-order valence-corrected chi connectivity index (χ0v) is 11.3.